The Labute approximate surface area is 557 Å². The van der Waals surface area contributed by atoms with Crippen LogP contribution in [0, 0.1) is 18.3 Å². The number of ketones is 1. The number of Topliss-reactive ketones (excluding diaryl/α,β-unsaturated/α-hetero) is 1. The van der Waals surface area contributed by atoms with Crippen LogP contribution in [-0.2, 0) is 58.7 Å². The number of hydrogen-bond acceptors (Lipinski definition) is 20. The molecule has 1 aliphatic carbocycles. The van der Waals surface area contributed by atoms with E-state index in [-0.39, 0.29) is 98.6 Å². The number of amides is 1. The summed E-state index contributed by atoms with van der Waals surface area (Å²) in [6, 6.07) is 49.5. The number of esters is 1. The van der Waals surface area contributed by atoms with Crippen LogP contribution in [0.5, 0.6) is 11.5 Å². The highest BCUT2D eigenvalue weighted by Crippen LogP contribution is 2.55. The number of nitriles is 1. The number of aromatic nitrogens is 6. The van der Waals surface area contributed by atoms with E-state index in [9.17, 15) is 34.3 Å². The number of carbonyl (C=O) groups is 3. The molecule has 1 amide bonds. The monoisotopic (exact) mass is 1330 g/mol. The van der Waals surface area contributed by atoms with Crippen LogP contribution >= 0.6 is 7.82 Å². The molecule has 500 valence electrons. The van der Waals surface area contributed by atoms with Crippen molar-refractivity contribution in [1.29, 1.82) is 5.26 Å². The number of aliphatic hydroxyl groups is 1. The Balaban J connectivity index is 0.745. The predicted molar refractivity (Wildman–Crippen MR) is 354 cm³/mol. The van der Waals surface area contributed by atoms with Gasteiger partial charge in [0.1, 0.15) is 66.6 Å². The van der Waals surface area contributed by atoms with Crippen LogP contribution in [0.2, 0.25) is 0 Å². The molecule has 2 aliphatic heterocycles. The molecule has 97 heavy (non-hydrogen) atoms. The molecule has 3 unspecified atom stereocenters. The lowest BCUT2D eigenvalue weighted by Gasteiger charge is -2.37. The molecule has 24 nitrogen and oxygen atoms in total. The molecule has 0 bridgehead atoms. The van der Waals surface area contributed by atoms with Crippen molar-refractivity contribution in [3.8, 4) is 28.7 Å². The molecule has 12 rings (SSSR count). The zero-order chi connectivity index (χ0) is 67.6. The van der Waals surface area contributed by atoms with Crippen LogP contribution in [-0.4, -0.2) is 117 Å². The van der Waals surface area contributed by atoms with E-state index < -0.39 is 74.1 Å². The Morgan fingerprint density at radius 3 is 2.04 bits per heavy atom. The van der Waals surface area contributed by atoms with E-state index in [1.165, 1.54) is 25.8 Å². The van der Waals surface area contributed by atoms with Gasteiger partial charge in [-0.05, 0) is 101 Å². The fourth-order valence-electron chi connectivity index (χ4n) is 12.6. The number of phosphoric ester groups is 1. The predicted octanol–water partition coefficient (Wildman–Crippen LogP) is 10.4. The van der Waals surface area contributed by atoms with Gasteiger partial charge in [0.2, 0.25) is 0 Å². The van der Waals surface area contributed by atoms with Crippen LogP contribution in [0.15, 0.2) is 180 Å². The molecule has 0 saturated carbocycles. The molecule has 5 heterocycles. The fraction of sp³-hybridized carbons (Fsp3) is 0.319. The van der Waals surface area contributed by atoms with E-state index in [1.807, 2.05) is 109 Å². The number of aryl methyl sites for hydroxylation is 2. The molecule has 2 saturated heterocycles. The number of benzene rings is 6. The SMILES string of the molecule is COc1ccc(C(OC[C@H]2O[C@@H](n3cnc4c(NC(=O)c5ccc(CCC(=O)CCCC(=O)OCC6c7ccccc7-c7ccccc76)cc5)ncnc43)CC2OP(=O)(OCCC#N)OC[C@H]2O[C@@H](n3cc(C)c(=O)[nH]c3=O)CC2O)(c2ccccc2)c2ccc(OC)cc2)cc1. The van der Waals surface area contributed by atoms with Gasteiger partial charge in [0.25, 0.3) is 11.5 Å². The van der Waals surface area contributed by atoms with Crippen molar-refractivity contribution in [2.45, 2.75) is 107 Å². The first-order valence-corrected chi connectivity index (χ1v) is 33.3. The van der Waals surface area contributed by atoms with Crippen LogP contribution in [0.3, 0.4) is 0 Å². The maximum atomic E-state index is 15.2. The number of hydrogen-bond donors (Lipinski definition) is 3. The second-order valence-corrected chi connectivity index (χ2v) is 25.3. The summed E-state index contributed by atoms with van der Waals surface area (Å²) in [6.45, 7) is 0.534. The summed E-state index contributed by atoms with van der Waals surface area (Å²) in [6.07, 6.45) is -1.63. The molecule has 9 aromatic rings. The first-order valence-electron chi connectivity index (χ1n) is 31.8. The van der Waals surface area contributed by atoms with Crippen molar-refractivity contribution in [2.24, 2.45) is 0 Å². The van der Waals surface area contributed by atoms with Gasteiger partial charge in [0.05, 0.1) is 59.0 Å². The number of fused-ring (bicyclic) bond motifs is 4. The molecule has 7 atom stereocenters. The van der Waals surface area contributed by atoms with Gasteiger partial charge >= 0.3 is 19.5 Å². The van der Waals surface area contributed by atoms with E-state index in [1.54, 1.807) is 43.1 Å². The molecule has 3 N–H and O–H groups in total. The van der Waals surface area contributed by atoms with Gasteiger partial charge in [-0.3, -0.25) is 46.9 Å². The van der Waals surface area contributed by atoms with E-state index in [4.69, 9.17) is 42.0 Å². The van der Waals surface area contributed by atoms with Crippen molar-refractivity contribution in [1.82, 2.24) is 29.1 Å². The minimum atomic E-state index is -4.78. The maximum Gasteiger partial charge on any atom is 0.475 e. The van der Waals surface area contributed by atoms with Crippen LogP contribution in [0.25, 0.3) is 22.3 Å². The fourth-order valence-corrected chi connectivity index (χ4v) is 14.0. The minimum absolute atomic E-state index is 0.00743. The Hall–Kier alpha value is -9.80. The number of nitrogens with zero attached hydrogens (tertiary/aromatic N) is 6. The van der Waals surface area contributed by atoms with Gasteiger partial charge in [-0.15, -0.1) is 0 Å². The number of nitrogens with one attached hydrogen (secondary N) is 2. The van der Waals surface area contributed by atoms with Crippen molar-refractivity contribution in [2.75, 3.05) is 46.0 Å². The van der Waals surface area contributed by atoms with Gasteiger partial charge < -0.3 is 38.8 Å². The normalized spacial score (nSPS) is 18.8. The number of aromatic amines is 1. The summed E-state index contributed by atoms with van der Waals surface area (Å²) < 4.78 is 73.4. The highest BCUT2D eigenvalue weighted by atomic mass is 31.2. The van der Waals surface area contributed by atoms with Crippen LogP contribution < -0.4 is 26.0 Å². The third-order valence-electron chi connectivity index (χ3n) is 17.6. The number of carbonyl (C=O) groups excluding carboxylic acids is 3. The lowest BCUT2D eigenvalue weighted by atomic mass is 9.80. The third-order valence-corrected chi connectivity index (χ3v) is 19.1. The summed E-state index contributed by atoms with van der Waals surface area (Å²) >= 11 is 0. The second-order valence-electron chi connectivity index (χ2n) is 23.7. The van der Waals surface area contributed by atoms with Gasteiger partial charge in [-0.2, -0.15) is 5.26 Å². The largest absolute Gasteiger partial charge is 0.497 e. The van der Waals surface area contributed by atoms with E-state index in [0.29, 0.717) is 41.0 Å². The number of aliphatic hydroxyl groups excluding tert-OH is 1. The summed E-state index contributed by atoms with van der Waals surface area (Å²) in [7, 11) is -1.64. The average molecular weight is 1340 g/mol. The molecule has 0 radical (unpaired) electrons. The highest BCUT2D eigenvalue weighted by Gasteiger charge is 2.48. The Morgan fingerprint density at radius 2 is 1.37 bits per heavy atom. The first kappa shape index (κ1) is 67.2. The Kier molecular flexibility index (Phi) is 20.8. The molecule has 3 aromatic heterocycles. The standard InChI is InChI=1S/C72H71N8O16P/c1-45-39-79(71(86)78-69(45)84)63-37-59(82)61(94-63)42-93-97(87,92-36-12-35-73)96-60-38-64(95-62(60)41-91-72(48-13-5-4-6-14-48,49-26-31-52(88-2)32-27-49)50-28-33-53(89-3)34-29-50)80-44-76-66-67(74-43-75-68(66)80)77-70(85)47-24-21-46(22-25-47)23-30-51(81)15-11-20-65(83)90-40-58-56-18-9-7-16-54(56)55-17-8-10-19-57(55)58/h4-10,13-14,16-19,21-22,24-29,31-34,39,43-44,58-64,82H,11-12,15,20,23,30,36-38,40-42H2,1-3H3,(H,78,84,86)(H,74,75,77,85)/t59?,60?,61-,62-,63-,64-,97?/m1/s1. The summed E-state index contributed by atoms with van der Waals surface area (Å²) in [5.74, 6) is 0.408. The maximum absolute atomic E-state index is 15.2. The van der Waals surface area contributed by atoms with E-state index >= 15 is 4.57 Å². The smallest absolute Gasteiger partial charge is 0.475 e. The molecule has 6 aromatic carbocycles. The van der Waals surface area contributed by atoms with Gasteiger partial charge in [-0.1, -0.05) is 115 Å². The zero-order valence-electron chi connectivity index (χ0n) is 53.4. The lowest BCUT2D eigenvalue weighted by molar-refractivity contribution is -0.144. The molecular formula is C72H71N8O16P. The topological polar surface area (TPSA) is 306 Å². The lowest BCUT2D eigenvalue weighted by Crippen LogP contribution is -2.38. The minimum Gasteiger partial charge on any atom is -0.497 e. The molecular weight excluding hydrogens is 1260 g/mol. The van der Waals surface area contributed by atoms with Crippen molar-refractivity contribution in [3.63, 3.8) is 0 Å². The number of H-pyrrole nitrogens is 1. The molecule has 3 aliphatic rings. The molecule has 0 spiro atoms. The summed E-state index contributed by atoms with van der Waals surface area (Å²) in [4.78, 5) is 80.7. The van der Waals surface area contributed by atoms with Gasteiger partial charge in [0.15, 0.2) is 17.0 Å². The molecule has 2 fully saturated rings. The summed E-state index contributed by atoms with van der Waals surface area (Å²) in [5, 5.41) is 23.7. The number of anilines is 1. The van der Waals surface area contributed by atoms with Gasteiger partial charge in [-0.25, -0.2) is 24.3 Å². The number of methoxy groups -OCH3 is 2. The van der Waals surface area contributed by atoms with Gasteiger partial charge in [0, 0.05) is 55.3 Å². The Morgan fingerprint density at radius 1 is 0.732 bits per heavy atom. The number of rotatable bonds is 29. The highest BCUT2D eigenvalue weighted by molar-refractivity contribution is 7.48. The third kappa shape index (κ3) is 14.9. The van der Waals surface area contributed by atoms with Crippen LogP contribution in [0.1, 0.15) is 113 Å². The van der Waals surface area contributed by atoms with Crippen molar-refractivity contribution < 1.29 is 66.0 Å². The summed E-state index contributed by atoms with van der Waals surface area (Å²) in [5.41, 5.74) is 5.81. The molecule has 25 heteroatoms. The van der Waals surface area contributed by atoms with Crippen molar-refractivity contribution >= 4 is 42.5 Å². The second kappa shape index (κ2) is 30.1. The Bertz CT molecular complexity index is 4410. The average Bonchev–Trinajstić information content (AvgIpc) is 1.09. The quantitative estimate of drug-likeness (QED) is 0.0170. The number of imidazole rings is 1. The van der Waals surface area contributed by atoms with E-state index in [2.05, 4.69) is 49.5 Å². The van der Waals surface area contributed by atoms with E-state index in [0.717, 1.165) is 37.9 Å². The number of ether oxygens (including phenoxy) is 6. The number of phosphoric acid groups is 1. The van der Waals surface area contributed by atoms with Crippen LogP contribution in [0.4, 0.5) is 5.82 Å². The first-order chi connectivity index (χ1) is 47.1. The van der Waals surface area contributed by atoms with Crippen molar-refractivity contribution in [3.05, 3.63) is 236 Å². The zero-order valence-corrected chi connectivity index (χ0v) is 54.3.